The van der Waals surface area contributed by atoms with Gasteiger partial charge < -0.3 is 32.1 Å². The van der Waals surface area contributed by atoms with Crippen LogP contribution in [0.2, 0.25) is 0 Å². The number of carbonyl (C=O) groups is 3. The minimum atomic E-state index is -1.23. The van der Waals surface area contributed by atoms with Gasteiger partial charge in [-0.1, -0.05) is 24.3 Å². The van der Waals surface area contributed by atoms with E-state index in [2.05, 4.69) is 39.3 Å². The van der Waals surface area contributed by atoms with Crippen LogP contribution in [-0.2, 0) is 14.4 Å². The van der Waals surface area contributed by atoms with Crippen molar-refractivity contribution in [3.63, 3.8) is 0 Å². The van der Waals surface area contributed by atoms with E-state index in [-0.39, 0.29) is 23.4 Å². The zero-order valence-corrected chi connectivity index (χ0v) is 23.0. The van der Waals surface area contributed by atoms with Gasteiger partial charge in [-0.25, -0.2) is 9.78 Å². The highest BCUT2D eigenvalue weighted by Crippen LogP contribution is 2.40. The van der Waals surface area contributed by atoms with Gasteiger partial charge in [0.05, 0.1) is 0 Å². The average molecular weight is 569 g/mol. The summed E-state index contributed by atoms with van der Waals surface area (Å²) in [6.45, 7) is 5.99. The molecule has 15 heteroatoms. The number of nitrogens with one attached hydrogen (secondary N) is 5. The molecule has 1 aromatic rings. The molecule has 0 radical (unpaired) electrons. The number of nitrogen functional groups attached to an aromatic ring is 1. The van der Waals surface area contributed by atoms with Crippen molar-refractivity contribution in [1.29, 1.82) is 5.41 Å². The number of aromatic nitrogens is 1. The number of halogens is 1. The first-order valence-corrected chi connectivity index (χ1v) is 14.0. The highest BCUT2D eigenvalue weighted by molar-refractivity contribution is 8.00. The molecule has 0 aliphatic carbocycles. The van der Waals surface area contributed by atoms with E-state index in [0.717, 1.165) is 36.5 Å². The summed E-state index contributed by atoms with van der Waals surface area (Å²) in [5.41, 5.74) is 5.75. The number of thioether (sulfide) groups is 1. The molecule has 1 fully saturated rings. The molecule has 2 aliphatic rings. The molecule has 2 amide bonds. The van der Waals surface area contributed by atoms with Crippen molar-refractivity contribution in [2.45, 2.75) is 44.1 Å². The molecule has 3 rings (SSSR count). The maximum atomic E-state index is 13.9. The van der Waals surface area contributed by atoms with Crippen molar-refractivity contribution >= 4 is 51.7 Å². The van der Waals surface area contributed by atoms with Crippen molar-refractivity contribution in [2.75, 3.05) is 38.2 Å². The smallest absolute Gasteiger partial charge is 0.352 e. The van der Waals surface area contributed by atoms with E-state index < -0.39 is 45.7 Å². The van der Waals surface area contributed by atoms with Crippen LogP contribution in [-0.4, -0.2) is 88.4 Å². The van der Waals surface area contributed by atoms with Crippen LogP contribution >= 0.6 is 23.1 Å². The minimum Gasteiger partial charge on any atom is -0.477 e. The second kappa shape index (κ2) is 13.2. The molecular formula is C23H33FN8O4S2. The normalized spacial score (nSPS) is 20.1. The van der Waals surface area contributed by atoms with Crippen LogP contribution in [0.3, 0.4) is 0 Å². The Bertz CT molecular complexity index is 1150. The molecule has 0 saturated carbocycles. The number of β-lactam (4-membered cyclic amide) rings is 1. The third kappa shape index (κ3) is 6.70. The molecule has 38 heavy (non-hydrogen) atoms. The summed E-state index contributed by atoms with van der Waals surface area (Å²) in [5.74, 6) is -2.49. The topological polar surface area (TPSA) is 186 Å². The number of hydrogen-bond acceptors (Lipinski definition) is 11. The molecule has 3 heterocycles. The number of anilines is 1. The van der Waals surface area contributed by atoms with Crippen LogP contribution in [0.25, 0.3) is 0 Å². The highest BCUT2D eigenvalue weighted by Gasteiger charge is 2.54. The van der Waals surface area contributed by atoms with E-state index in [1.165, 1.54) is 11.8 Å². The first-order chi connectivity index (χ1) is 18.1. The minimum absolute atomic E-state index is 0.0467. The largest absolute Gasteiger partial charge is 0.477 e. The number of likely N-dealkylation sites (N-methyl/N-ethyl adjacent to an activating group) is 1. The summed E-state index contributed by atoms with van der Waals surface area (Å²) >= 11 is 1.82. The summed E-state index contributed by atoms with van der Waals surface area (Å²) in [5, 5.41) is 28.4. The molecule has 2 aliphatic heterocycles. The Labute approximate surface area is 228 Å². The number of aliphatic carboxylic acids is 1. The number of nitrogens with zero attached hydrogens (tertiary/aromatic N) is 2. The van der Waals surface area contributed by atoms with Crippen molar-refractivity contribution < 1.29 is 23.9 Å². The lowest BCUT2D eigenvalue weighted by Crippen LogP contribution is -2.71. The van der Waals surface area contributed by atoms with Gasteiger partial charge in [-0.3, -0.25) is 19.9 Å². The standard InChI is InChI=1S/C23H33FN8O4S2/c1-4-5-13(28-7-6-27-3)8-11(2)29-9-12-10-37-21-16(20(34)32(21)17(12)22(35)36)30-19(33)14(25)15-18(24)38-23(26)31-15/h5,11,16,21,25,27-29H,4,6-10H2,1-3H3,(H2,26,31)(H,30,33)(H,35,36)/b13-5+,25-14?/t11?,16?,21-/m1/s1. The molecule has 1 aromatic heterocycles. The lowest BCUT2D eigenvalue weighted by molar-refractivity contribution is -0.150. The second-order valence-electron chi connectivity index (χ2n) is 8.82. The molecule has 208 valence electrons. The number of carbonyl (C=O) groups excluding carboxylic acids is 2. The van der Waals surface area contributed by atoms with Crippen LogP contribution in [0, 0.1) is 10.5 Å². The number of fused-ring (bicyclic) bond motifs is 1. The second-order valence-corrected chi connectivity index (χ2v) is 10.9. The number of allylic oxidation sites excluding steroid dienone is 1. The predicted octanol–water partition coefficient (Wildman–Crippen LogP) is 0.442. The molecule has 0 aromatic carbocycles. The summed E-state index contributed by atoms with van der Waals surface area (Å²) in [7, 11) is 1.89. The number of carboxylic acids is 1. The van der Waals surface area contributed by atoms with E-state index in [0.29, 0.717) is 22.7 Å². The van der Waals surface area contributed by atoms with Crippen LogP contribution in [0.1, 0.15) is 32.4 Å². The molecule has 0 bridgehead atoms. The number of rotatable bonds is 14. The third-order valence-electron chi connectivity index (χ3n) is 5.97. The third-order valence-corrected chi connectivity index (χ3v) is 7.98. The van der Waals surface area contributed by atoms with Crippen LogP contribution in [0.4, 0.5) is 9.52 Å². The van der Waals surface area contributed by atoms with Gasteiger partial charge in [0.25, 0.3) is 11.8 Å². The van der Waals surface area contributed by atoms with Gasteiger partial charge >= 0.3 is 5.97 Å². The van der Waals surface area contributed by atoms with E-state index in [4.69, 9.17) is 11.1 Å². The van der Waals surface area contributed by atoms with Crippen LogP contribution < -0.4 is 27.0 Å². The predicted molar refractivity (Wildman–Crippen MR) is 145 cm³/mol. The molecule has 12 nitrogen and oxygen atoms in total. The monoisotopic (exact) mass is 568 g/mol. The van der Waals surface area contributed by atoms with Crippen LogP contribution in [0.15, 0.2) is 23.0 Å². The summed E-state index contributed by atoms with van der Waals surface area (Å²) in [4.78, 5) is 42.3. The highest BCUT2D eigenvalue weighted by atomic mass is 32.2. The first-order valence-electron chi connectivity index (χ1n) is 12.1. The van der Waals surface area contributed by atoms with E-state index in [1.54, 1.807) is 0 Å². The summed E-state index contributed by atoms with van der Waals surface area (Å²) in [6.07, 6.45) is 3.75. The van der Waals surface area contributed by atoms with E-state index >= 15 is 0 Å². The Hall–Kier alpha value is -3.01. The zero-order chi connectivity index (χ0) is 28.0. The van der Waals surface area contributed by atoms with Gasteiger partial charge in [0, 0.05) is 43.5 Å². The Kier molecular flexibility index (Phi) is 10.2. The Morgan fingerprint density at radius 2 is 2.13 bits per heavy atom. The zero-order valence-electron chi connectivity index (χ0n) is 21.4. The fourth-order valence-electron chi connectivity index (χ4n) is 4.13. The SMILES string of the molecule is CC/C=C(\CC(C)NCC1=C(C(=O)O)N2C(=O)C(NC(=O)C(=N)c3nc(N)sc3F)[C@H]2SC1)NCCNC. The van der Waals surface area contributed by atoms with Gasteiger partial charge in [0.15, 0.2) is 5.13 Å². The average Bonchev–Trinajstić information content (AvgIpc) is 3.22. The lowest BCUT2D eigenvalue weighted by atomic mass is 10.0. The van der Waals surface area contributed by atoms with Gasteiger partial charge in [-0.05, 0) is 26.0 Å². The van der Waals surface area contributed by atoms with Gasteiger partial charge in [-0.2, -0.15) is 4.39 Å². The summed E-state index contributed by atoms with van der Waals surface area (Å²) in [6, 6.07) is -0.995. The van der Waals surface area contributed by atoms with Gasteiger partial charge in [-0.15, -0.1) is 11.8 Å². The Morgan fingerprint density at radius 1 is 1.39 bits per heavy atom. The number of amides is 2. The molecular weight excluding hydrogens is 535 g/mol. The maximum absolute atomic E-state index is 13.9. The lowest BCUT2D eigenvalue weighted by Gasteiger charge is -2.49. The number of nitrogens with two attached hydrogens (primary N) is 1. The van der Waals surface area contributed by atoms with Crippen LogP contribution in [0.5, 0.6) is 0 Å². The molecule has 1 saturated heterocycles. The number of hydrogen-bond donors (Lipinski definition) is 7. The maximum Gasteiger partial charge on any atom is 0.352 e. The van der Waals surface area contributed by atoms with Crippen molar-refractivity contribution in [3.8, 4) is 0 Å². The Balaban J connectivity index is 1.63. The van der Waals surface area contributed by atoms with Gasteiger partial charge in [0.1, 0.15) is 28.5 Å². The number of carboxylic acid groups (broad SMARTS) is 1. The van der Waals surface area contributed by atoms with Gasteiger partial charge in [0.2, 0.25) is 5.13 Å². The molecule has 2 unspecified atom stereocenters. The fourth-order valence-corrected chi connectivity index (χ4v) is 6.04. The molecule has 8 N–H and O–H groups in total. The van der Waals surface area contributed by atoms with E-state index in [1.807, 2.05) is 14.0 Å². The Morgan fingerprint density at radius 3 is 2.74 bits per heavy atom. The van der Waals surface area contributed by atoms with Crippen molar-refractivity contribution in [1.82, 2.24) is 31.2 Å². The molecule has 3 atom stereocenters. The number of thiazole rings is 1. The quantitative estimate of drug-likeness (QED) is 0.0943. The fraction of sp³-hybridized carbons (Fsp3) is 0.522. The van der Waals surface area contributed by atoms with E-state index in [9.17, 15) is 23.9 Å². The van der Waals surface area contributed by atoms with Crippen molar-refractivity contribution in [2.24, 2.45) is 0 Å². The molecule has 0 spiro atoms. The van der Waals surface area contributed by atoms with Crippen molar-refractivity contribution in [3.05, 3.63) is 33.9 Å². The summed E-state index contributed by atoms with van der Waals surface area (Å²) < 4.78 is 13.9. The first kappa shape index (κ1) is 29.5.